The normalized spacial score (nSPS) is 8.76. The summed E-state index contributed by atoms with van der Waals surface area (Å²) in [6.07, 6.45) is 5.83. The maximum absolute atomic E-state index is 9.25. The molecule has 0 saturated heterocycles. The molecule has 0 unspecified atom stereocenters. The van der Waals surface area contributed by atoms with Gasteiger partial charge in [0.25, 0.3) is 0 Å². The van der Waals surface area contributed by atoms with Gasteiger partial charge in [0, 0.05) is 42.5 Å². The minimum atomic E-state index is -1.11. The Morgan fingerprint density at radius 3 is 0.455 bits per heavy atom. The minimum Gasteiger partial charge on any atom is -0.478 e. The maximum atomic E-state index is 9.25. The summed E-state index contributed by atoms with van der Waals surface area (Å²) in [5.74, 6) is -6.87. The molecule has 66 heavy (non-hydrogen) atoms. The molecule has 0 saturated carbocycles. The van der Waals surface area contributed by atoms with Crippen molar-refractivity contribution in [2.24, 2.45) is 10.8 Å². The molecule has 0 aromatic rings. The van der Waals surface area contributed by atoms with Gasteiger partial charge in [0.2, 0.25) is 0 Å². The van der Waals surface area contributed by atoms with Crippen molar-refractivity contribution in [3.05, 3.63) is 88.6 Å². The number of rotatable bonds is 25. The third-order valence-electron chi connectivity index (χ3n) is 5.12. The smallest absolute Gasteiger partial charge is 0.327 e. The van der Waals surface area contributed by atoms with E-state index in [0.717, 1.165) is 42.5 Å². The molecule has 388 valence electrons. The summed E-state index contributed by atoms with van der Waals surface area (Å²) in [7, 11) is 0. The molecular weight excluding hydrogens is 900 g/mol. The summed E-state index contributed by atoms with van der Waals surface area (Å²) in [4.78, 5) is 64.8. The molecule has 0 aliphatic heterocycles. The monoisotopic (exact) mass is 970 g/mol. The maximum Gasteiger partial charge on any atom is 0.327 e. The first-order valence-electron chi connectivity index (χ1n) is 17.6. The molecule has 0 aromatic heterocycles. The second-order valence-electron chi connectivity index (χ2n) is 10.3. The predicted molar refractivity (Wildman–Crippen MR) is 233 cm³/mol. The highest BCUT2D eigenvalue weighted by Crippen LogP contribution is 2.12. The molecule has 17 N–H and O–H groups in total. The van der Waals surface area contributed by atoms with Gasteiger partial charge in [-0.1, -0.05) is 46.1 Å². The highest BCUT2D eigenvalue weighted by molar-refractivity contribution is 5.80. The van der Waals surface area contributed by atoms with Crippen molar-refractivity contribution >= 4 is 41.8 Å². The van der Waals surface area contributed by atoms with E-state index in [1.165, 1.54) is 0 Å². The summed E-state index contributed by atoms with van der Waals surface area (Å²) < 4.78 is 15.0. The van der Waals surface area contributed by atoms with Gasteiger partial charge in [-0.25, -0.2) is 33.6 Å². The molecule has 0 aliphatic rings. The van der Waals surface area contributed by atoms with Gasteiger partial charge in [-0.15, -0.1) is 0 Å². The second-order valence-corrected chi connectivity index (χ2v) is 10.3. The second kappa shape index (κ2) is 70.6. The van der Waals surface area contributed by atoms with Crippen LogP contribution in [0.4, 0.5) is 0 Å². The topological polar surface area (TPSA) is 491 Å². The molecule has 0 aromatic carbocycles. The van der Waals surface area contributed by atoms with Crippen LogP contribution in [-0.4, -0.2) is 234 Å². The quantitative estimate of drug-likeness (QED) is 0.0315. The molecule has 0 heterocycles. The summed E-state index contributed by atoms with van der Waals surface area (Å²) in [6, 6.07) is 0. The van der Waals surface area contributed by atoms with Gasteiger partial charge in [0.1, 0.15) is 0 Å². The van der Waals surface area contributed by atoms with Gasteiger partial charge >= 0.3 is 41.8 Å². The van der Waals surface area contributed by atoms with E-state index in [1.807, 2.05) is 0 Å². The zero-order chi connectivity index (χ0) is 54.4. The zero-order valence-corrected chi connectivity index (χ0v) is 36.5. The molecule has 0 rings (SSSR count). The molecule has 0 bridgehead atoms. The number of carboxylic acid groups (broad SMARTS) is 7. The molecule has 0 aliphatic carbocycles. The van der Waals surface area contributed by atoms with Crippen molar-refractivity contribution in [2.75, 3.05) is 106 Å². The van der Waals surface area contributed by atoms with Crippen molar-refractivity contribution in [1.29, 1.82) is 0 Å². The fraction of sp³-hybridized carbons (Fsp3) is 0.462. The Hall–Kier alpha value is -6.05. The number of hydrogen-bond acceptors (Lipinski definition) is 20. The van der Waals surface area contributed by atoms with Gasteiger partial charge in [-0.3, -0.25) is 0 Å². The van der Waals surface area contributed by atoms with Crippen LogP contribution in [0.5, 0.6) is 0 Å². The lowest BCUT2D eigenvalue weighted by Gasteiger charge is -2.23. The highest BCUT2D eigenvalue weighted by atomic mass is 16.5. The lowest BCUT2D eigenvalue weighted by Crippen LogP contribution is -2.37. The third-order valence-corrected chi connectivity index (χ3v) is 5.12. The van der Waals surface area contributed by atoms with Gasteiger partial charge in [0.05, 0.1) is 117 Å². The van der Waals surface area contributed by atoms with Crippen LogP contribution in [-0.2, 0) is 47.8 Å². The number of carboxylic acids is 7. The fourth-order valence-electron chi connectivity index (χ4n) is 1.27. The standard InChI is InChI=1S/C8H18O5.2C5H12O4.7C3H4O2/c9-1-3-11-5-7-13-8-6-12-4-2-10;2*6-1-5(2-7,3-8)4-9;7*1-2-3(4)5/h9-10H,1-8H2;2*6-9H,1-4H2;7*2H,1H2,(H,4,5). The Morgan fingerprint density at radius 2 is 0.394 bits per heavy atom. The van der Waals surface area contributed by atoms with Gasteiger partial charge in [-0.05, 0) is 0 Å². The summed E-state index contributed by atoms with van der Waals surface area (Å²) in [5.41, 5.74) is -2.22. The Kier molecular flexibility index (Phi) is 89.3. The molecule has 27 heteroatoms. The van der Waals surface area contributed by atoms with Gasteiger partial charge in [0.15, 0.2) is 0 Å². The summed E-state index contributed by atoms with van der Waals surface area (Å²) in [5, 5.41) is 138. The predicted octanol–water partition coefficient (Wildman–Crippen LogP) is -3.30. The van der Waals surface area contributed by atoms with Crippen LogP contribution in [0, 0.1) is 10.8 Å². The number of ether oxygens (including phenoxy) is 3. The van der Waals surface area contributed by atoms with E-state index in [2.05, 4.69) is 46.1 Å². The minimum absolute atomic E-state index is 0.0413. The van der Waals surface area contributed by atoms with Crippen LogP contribution in [0.3, 0.4) is 0 Å². The van der Waals surface area contributed by atoms with Crippen molar-refractivity contribution in [2.45, 2.75) is 0 Å². The van der Waals surface area contributed by atoms with E-state index in [4.69, 9.17) is 101 Å². The van der Waals surface area contributed by atoms with Crippen LogP contribution < -0.4 is 0 Å². The van der Waals surface area contributed by atoms with E-state index in [1.54, 1.807) is 0 Å². The first kappa shape index (κ1) is 83.5. The van der Waals surface area contributed by atoms with Crippen molar-refractivity contribution < 1.29 is 135 Å². The SMILES string of the molecule is C=CC(=O)O.C=CC(=O)O.C=CC(=O)O.C=CC(=O)O.C=CC(=O)O.C=CC(=O)O.C=CC(=O)O.OCC(CO)(CO)CO.OCC(CO)(CO)CO.OCCOCCOCCOCCO. The van der Waals surface area contributed by atoms with Crippen LogP contribution in [0.25, 0.3) is 0 Å². The van der Waals surface area contributed by atoms with E-state index in [-0.39, 0.29) is 13.2 Å². The number of carbonyl (C=O) groups is 7. The summed E-state index contributed by atoms with van der Waals surface area (Å²) >= 11 is 0. The van der Waals surface area contributed by atoms with E-state index in [9.17, 15) is 33.6 Å². The Labute approximate surface area is 381 Å². The Bertz CT molecular complexity index is 1000. The van der Waals surface area contributed by atoms with E-state index >= 15 is 0 Å². The number of aliphatic hydroxyl groups is 10. The lowest BCUT2D eigenvalue weighted by atomic mass is 9.93. The Balaban J connectivity index is -0.0000000676. The molecule has 27 nitrogen and oxygen atoms in total. The van der Waals surface area contributed by atoms with E-state index in [0.29, 0.717) is 39.6 Å². The molecule has 0 atom stereocenters. The van der Waals surface area contributed by atoms with Crippen LogP contribution in [0.15, 0.2) is 88.6 Å². The molecule has 0 radical (unpaired) electrons. The summed E-state index contributed by atoms with van der Waals surface area (Å²) in [6.45, 7) is 20.2. The first-order valence-corrected chi connectivity index (χ1v) is 17.6. The molecule has 0 amide bonds. The average molecular weight is 971 g/mol. The Morgan fingerprint density at radius 1 is 0.288 bits per heavy atom. The molecular formula is C39H70O27. The molecule has 0 fully saturated rings. The van der Waals surface area contributed by atoms with Crippen LogP contribution in [0.1, 0.15) is 0 Å². The van der Waals surface area contributed by atoms with Gasteiger partial charge < -0.3 is 101 Å². The first-order chi connectivity index (χ1) is 30.8. The van der Waals surface area contributed by atoms with Crippen LogP contribution in [0.2, 0.25) is 0 Å². The number of aliphatic hydroxyl groups excluding tert-OH is 10. The van der Waals surface area contributed by atoms with Crippen molar-refractivity contribution in [3.63, 3.8) is 0 Å². The number of aliphatic carboxylic acids is 7. The lowest BCUT2D eigenvalue weighted by molar-refractivity contribution is -0.132. The van der Waals surface area contributed by atoms with Crippen LogP contribution >= 0.6 is 0 Å². The van der Waals surface area contributed by atoms with Crippen molar-refractivity contribution in [3.8, 4) is 0 Å². The highest BCUT2D eigenvalue weighted by Gasteiger charge is 2.27. The zero-order valence-electron chi connectivity index (χ0n) is 36.5. The van der Waals surface area contributed by atoms with E-state index < -0.39 is 105 Å². The third kappa shape index (κ3) is 107. The average Bonchev–Trinajstić information content (AvgIpc) is 3.32. The molecule has 0 spiro atoms. The van der Waals surface area contributed by atoms with Gasteiger partial charge in [-0.2, -0.15) is 0 Å². The number of hydrogen-bond donors (Lipinski definition) is 17. The fourth-order valence-corrected chi connectivity index (χ4v) is 1.27. The largest absolute Gasteiger partial charge is 0.478 e. The van der Waals surface area contributed by atoms with Crippen molar-refractivity contribution in [1.82, 2.24) is 0 Å².